The molecule has 4 nitrogen and oxygen atoms in total. The van der Waals surface area contributed by atoms with E-state index < -0.39 is 6.10 Å². The van der Waals surface area contributed by atoms with Crippen LogP contribution in [0, 0.1) is 0 Å². The number of ether oxygens (including phenoxy) is 1. The van der Waals surface area contributed by atoms with Crippen molar-refractivity contribution in [2.45, 2.75) is 18.9 Å². The quantitative estimate of drug-likeness (QED) is 0.919. The van der Waals surface area contributed by atoms with Gasteiger partial charge in [0.25, 0.3) is 0 Å². The molecule has 1 unspecified atom stereocenters. The molecule has 5 heteroatoms. The van der Waals surface area contributed by atoms with E-state index in [4.69, 9.17) is 4.74 Å². The standard InChI is InChI=1S/C14H17BrN2O2/c1-17-10(7-8-16-17)3-6-14(18)12-9-11(19-2)4-5-13(12)15/h4-5,7-9,14,18H,3,6H2,1-2H3. The van der Waals surface area contributed by atoms with Crippen LogP contribution in [0.2, 0.25) is 0 Å². The Kier molecular flexibility index (Phi) is 4.61. The van der Waals surface area contributed by atoms with Crippen molar-refractivity contribution in [1.29, 1.82) is 0 Å². The third kappa shape index (κ3) is 3.36. The second-order valence-corrected chi connectivity index (χ2v) is 5.24. The molecule has 0 aliphatic rings. The summed E-state index contributed by atoms with van der Waals surface area (Å²) in [4.78, 5) is 0. The van der Waals surface area contributed by atoms with Crippen molar-refractivity contribution < 1.29 is 9.84 Å². The smallest absolute Gasteiger partial charge is 0.119 e. The Morgan fingerprint density at radius 1 is 1.42 bits per heavy atom. The van der Waals surface area contributed by atoms with E-state index in [1.165, 1.54) is 0 Å². The van der Waals surface area contributed by atoms with Crippen molar-refractivity contribution in [1.82, 2.24) is 9.78 Å². The van der Waals surface area contributed by atoms with Gasteiger partial charge in [-0.25, -0.2) is 0 Å². The van der Waals surface area contributed by atoms with E-state index in [2.05, 4.69) is 21.0 Å². The van der Waals surface area contributed by atoms with E-state index in [0.717, 1.165) is 27.9 Å². The molecule has 1 heterocycles. The maximum absolute atomic E-state index is 10.3. The van der Waals surface area contributed by atoms with E-state index in [-0.39, 0.29) is 0 Å². The molecule has 1 aromatic carbocycles. The van der Waals surface area contributed by atoms with Gasteiger partial charge in [0.05, 0.1) is 13.2 Å². The van der Waals surface area contributed by atoms with Gasteiger partial charge in [0, 0.05) is 23.4 Å². The van der Waals surface area contributed by atoms with Gasteiger partial charge >= 0.3 is 0 Å². The molecule has 0 saturated carbocycles. The highest BCUT2D eigenvalue weighted by molar-refractivity contribution is 9.10. The topological polar surface area (TPSA) is 47.3 Å². The summed E-state index contributed by atoms with van der Waals surface area (Å²) in [5.41, 5.74) is 1.96. The minimum absolute atomic E-state index is 0.528. The van der Waals surface area contributed by atoms with E-state index in [0.29, 0.717) is 6.42 Å². The summed E-state index contributed by atoms with van der Waals surface area (Å²) in [7, 11) is 3.53. The van der Waals surface area contributed by atoms with Gasteiger partial charge in [-0.3, -0.25) is 4.68 Å². The number of hydrogen-bond acceptors (Lipinski definition) is 3. The Hall–Kier alpha value is -1.33. The number of aryl methyl sites for hydroxylation is 2. The lowest BCUT2D eigenvalue weighted by molar-refractivity contribution is 0.166. The van der Waals surface area contributed by atoms with Gasteiger partial charge in [-0.2, -0.15) is 5.10 Å². The lowest BCUT2D eigenvalue weighted by atomic mass is 10.0. The number of rotatable bonds is 5. The fourth-order valence-corrected chi connectivity index (χ4v) is 2.50. The summed E-state index contributed by atoms with van der Waals surface area (Å²) in [5.74, 6) is 0.748. The van der Waals surface area contributed by atoms with Crippen molar-refractivity contribution in [3.8, 4) is 5.75 Å². The first-order valence-corrected chi connectivity index (χ1v) is 6.89. The maximum Gasteiger partial charge on any atom is 0.119 e. The van der Waals surface area contributed by atoms with Crippen molar-refractivity contribution in [2.75, 3.05) is 7.11 Å². The van der Waals surface area contributed by atoms with Gasteiger partial charge < -0.3 is 9.84 Å². The minimum Gasteiger partial charge on any atom is -0.497 e. The molecule has 0 amide bonds. The number of aliphatic hydroxyl groups excluding tert-OH is 1. The molecule has 0 fully saturated rings. The molecule has 2 aromatic rings. The lowest BCUT2D eigenvalue weighted by Gasteiger charge is -2.14. The summed E-state index contributed by atoms with van der Waals surface area (Å²) in [6.45, 7) is 0. The molecule has 1 N–H and O–H groups in total. The molecule has 19 heavy (non-hydrogen) atoms. The van der Waals surface area contributed by atoms with E-state index in [1.807, 2.05) is 36.0 Å². The summed E-state index contributed by atoms with van der Waals surface area (Å²) >= 11 is 3.46. The van der Waals surface area contributed by atoms with Crippen LogP contribution in [0.4, 0.5) is 0 Å². The van der Waals surface area contributed by atoms with Crippen molar-refractivity contribution in [2.24, 2.45) is 7.05 Å². The normalized spacial score (nSPS) is 12.4. The Balaban J connectivity index is 2.07. The number of aliphatic hydroxyl groups is 1. The zero-order chi connectivity index (χ0) is 13.8. The number of nitrogens with zero attached hydrogens (tertiary/aromatic N) is 2. The largest absolute Gasteiger partial charge is 0.497 e. The van der Waals surface area contributed by atoms with Crippen LogP contribution in [0.25, 0.3) is 0 Å². The fraction of sp³-hybridized carbons (Fsp3) is 0.357. The molecule has 2 rings (SSSR count). The van der Waals surface area contributed by atoms with Gasteiger partial charge in [0.1, 0.15) is 5.75 Å². The zero-order valence-corrected chi connectivity index (χ0v) is 12.6. The Labute approximate surface area is 121 Å². The van der Waals surface area contributed by atoms with Crippen LogP contribution >= 0.6 is 15.9 Å². The van der Waals surface area contributed by atoms with Crippen molar-refractivity contribution in [3.63, 3.8) is 0 Å². The average Bonchev–Trinajstić information content (AvgIpc) is 2.82. The molecule has 0 spiro atoms. The second kappa shape index (κ2) is 6.21. The number of methoxy groups -OCH3 is 1. The third-order valence-corrected chi connectivity index (χ3v) is 3.88. The minimum atomic E-state index is -0.528. The van der Waals surface area contributed by atoms with Crippen molar-refractivity contribution in [3.05, 3.63) is 46.2 Å². The van der Waals surface area contributed by atoms with Crippen LogP contribution < -0.4 is 4.74 Å². The first kappa shape index (κ1) is 14.1. The lowest BCUT2D eigenvalue weighted by Crippen LogP contribution is -2.04. The maximum atomic E-state index is 10.3. The van der Waals surface area contributed by atoms with Crippen LogP contribution in [-0.4, -0.2) is 22.0 Å². The molecule has 0 aliphatic heterocycles. The van der Waals surface area contributed by atoms with Gasteiger partial charge in [0.2, 0.25) is 0 Å². The zero-order valence-electron chi connectivity index (χ0n) is 11.0. The molecule has 0 saturated heterocycles. The molecule has 0 radical (unpaired) electrons. The third-order valence-electron chi connectivity index (χ3n) is 3.16. The average molecular weight is 325 g/mol. The Morgan fingerprint density at radius 2 is 2.21 bits per heavy atom. The first-order valence-electron chi connectivity index (χ1n) is 6.10. The van der Waals surface area contributed by atoms with Crippen LogP contribution in [-0.2, 0) is 13.5 Å². The molecule has 0 aliphatic carbocycles. The van der Waals surface area contributed by atoms with Gasteiger partial charge in [0.15, 0.2) is 0 Å². The first-order chi connectivity index (χ1) is 9.11. The highest BCUT2D eigenvalue weighted by Crippen LogP contribution is 2.30. The Morgan fingerprint density at radius 3 is 2.84 bits per heavy atom. The van der Waals surface area contributed by atoms with Gasteiger partial charge in [-0.05, 0) is 42.7 Å². The highest BCUT2D eigenvalue weighted by atomic mass is 79.9. The number of hydrogen-bond donors (Lipinski definition) is 1. The van der Waals surface area contributed by atoms with Gasteiger partial charge in [-0.15, -0.1) is 0 Å². The van der Waals surface area contributed by atoms with E-state index >= 15 is 0 Å². The molecular formula is C14H17BrN2O2. The number of benzene rings is 1. The predicted octanol–water partition coefficient (Wildman–Crippen LogP) is 2.86. The predicted molar refractivity (Wildman–Crippen MR) is 77.2 cm³/mol. The molecule has 102 valence electrons. The molecule has 0 bridgehead atoms. The summed E-state index contributed by atoms with van der Waals surface area (Å²) in [6, 6.07) is 7.58. The number of halogens is 1. The molecule has 1 aromatic heterocycles. The molecular weight excluding hydrogens is 308 g/mol. The fourth-order valence-electron chi connectivity index (χ4n) is 1.99. The SMILES string of the molecule is COc1ccc(Br)c(C(O)CCc2ccnn2C)c1. The second-order valence-electron chi connectivity index (χ2n) is 4.39. The summed E-state index contributed by atoms with van der Waals surface area (Å²) < 4.78 is 7.90. The number of aromatic nitrogens is 2. The summed E-state index contributed by atoms with van der Waals surface area (Å²) in [5, 5.41) is 14.4. The van der Waals surface area contributed by atoms with Crippen LogP contribution in [0.1, 0.15) is 23.8 Å². The monoisotopic (exact) mass is 324 g/mol. The van der Waals surface area contributed by atoms with E-state index in [9.17, 15) is 5.11 Å². The van der Waals surface area contributed by atoms with Crippen LogP contribution in [0.15, 0.2) is 34.9 Å². The van der Waals surface area contributed by atoms with Crippen molar-refractivity contribution >= 4 is 15.9 Å². The van der Waals surface area contributed by atoms with E-state index in [1.54, 1.807) is 13.3 Å². The van der Waals surface area contributed by atoms with Gasteiger partial charge in [-0.1, -0.05) is 15.9 Å². The summed E-state index contributed by atoms with van der Waals surface area (Å²) in [6.07, 6.45) is 2.66. The highest BCUT2D eigenvalue weighted by Gasteiger charge is 2.13. The van der Waals surface area contributed by atoms with Crippen LogP contribution in [0.3, 0.4) is 0 Å². The van der Waals surface area contributed by atoms with Crippen LogP contribution in [0.5, 0.6) is 5.75 Å². The molecule has 1 atom stereocenters. The Bertz CT molecular complexity index is 554.